The lowest BCUT2D eigenvalue weighted by Crippen LogP contribution is -2.22. The predicted molar refractivity (Wildman–Crippen MR) is 105 cm³/mol. The van der Waals surface area contributed by atoms with Crippen LogP contribution in [-0.4, -0.2) is 16.1 Å². The van der Waals surface area contributed by atoms with E-state index in [1.54, 1.807) is 0 Å². The van der Waals surface area contributed by atoms with Gasteiger partial charge in [-0.05, 0) is 20.3 Å². The quantitative estimate of drug-likeness (QED) is 0.185. The molecule has 0 spiro atoms. The molecule has 0 heterocycles. The Labute approximate surface area is 150 Å². The first kappa shape index (κ1) is 23.2. The van der Waals surface area contributed by atoms with Crippen molar-refractivity contribution in [3.05, 3.63) is 0 Å². The van der Waals surface area contributed by atoms with Crippen LogP contribution >= 0.6 is 0 Å². The van der Waals surface area contributed by atoms with Crippen molar-refractivity contribution in [3.63, 3.8) is 0 Å². The average molecular weight is 340 g/mol. The van der Waals surface area contributed by atoms with Crippen LogP contribution in [0.25, 0.3) is 0 Å². The highest BCUT2D eigenvalue weighted by molar-refractivity contribution is 5.98. The van der Waals surface area contributed by atoms with Crippen molar-refractivity contribution in [1.29, 1.82) is 0 Å². The van der Waals surface area contributed by atoms with Gasteiger partial charge in [-0.2, -0.15) is 0 Å². The highest BCUT2D eigenvalue weighted by Gasteiger charge is 2.14. The largest absolute Gasteiger partial charge is 0.414 e. The molecule has 0 N–H and O–H groups in total. The summed E-state index contributed by atoms with van der Waals surface area (Å²) in [7, 11) is 3.17. The summed E-state index contributed by atoms with van der Waals surface area (Å²) < 4.78 is 5.27. The van der Waals surface area contributed by atoms with Gasteiger partial charge in [0.2, 0.25) is 10.5 Å². The van der Waals surface area contributed by atoms with E-state index in [1.165, 1.54) is 103 Å². The Morgan fingerprint density at radius 3 is 1.17 bits per heavy atom. The molecule has 3 radical (unpaired) electrons. The van der Waals surface area contributed by atoms with E-state index in [0.29, 0.717) is 0 Å². The zero-order valence-electron chi connectivity index (χ0n) is 16.4. The second-order valence-corrected chi connectivity index (χ2v) is 8.12. The molecular formula is C21H43OSi. The van der Waals surface area contributed by atoms with Crippen molar-refractivity contribution in [2.45, 2.75) is 136 Å². The topological polar surface area (TPSA) is 9.23 Å². The van der Waals surface area contributed by atoms with Gasteiger partial charge in [0.1, 0.15) is 0 Å². The molecule has 137 valence electrons. The van der Waals surface area contributed by atoms with Crippen molar-refractivity contribution >= 4 is 10.5 Å². The summed E-state index contributed by atoms with van der Waals surface area (Å²) in [6.45, 7) is 6.58. The summed E-state index contributed by atoms with van der Waals surface area (Å²) in [5, 5.41) is 0. The third-order valence-corrected chi connectivity index (χ3v) is 5.46. The van der Waals surface area contributed by atoms with Crippen LogP contribution in [-0.2, 0) is 4.43 Å². The first-order valence-electron chi connectivity index (χ1n) is 10.5. The summed E-state index contributed by atoms with van der Waals surface area (Å²) in [6, 6.07) is 0. The van der Waals surface area contributed by atoms with Crippen LogP contribution in [0.15, 0.2) is 0 Å². The van der Waals surface area contributed by atoms with Crippen LogP contribution < -0.4 is 0 Å². The normalized spacial score (nSPS) is 12.0. The molecule has 0 rings (SSSR count). The van der Waals surface area contributed by atoms with Crippen LogP contribution in [0.5, 0.6) is 0 Å². The second-order valence-electron chi connectivity index (χ2n) is 7.92. The molecule has 0 aromatic rings. The van der Waals surface area contributed by atoms with E-state index in [1.807, 2.05) is 0 Å². The van der Waals surface area contributed by atoms with E-state index in [-0.39, 0.29) is 5.60 Å². The van der Waals surface area contributed by atoms with Gasteiger partial charge in [0.25, 0.3) is 0 Å². The summed E-state index contributed by atoms with van der Waals surface area (Å²) in [5.74, 6) is 0. The second kappa shape index (κ2) is 17.0. The van der Waals surface area contributed by atoms with Gasteiger partial charge in [0.15, 0.2) is 0 Å². The lowest BCUT2D eigenvalue weighted by atomic mass is 9.99. The van der Waals surface area contributed by atoms with E-state index in [2.05, 4.69) is 31.3 Å². The SMILES string of the molecule is CCCCCCCCCCCCCCCCCCC(C)(C)O[Si]. The Hall–Kier alpha value is 0.177. The van der Waals surface area contributed by atoms with E-state index >= 15 is 0 Å². The van der Waals surface area contributed by atoms with Crippen molar-refractivity contribution in [2.75, 3.05) is 0 Å². The van der Waals surface area contributed by atoms with Gasteiger partial charge < -0.3 is 4.43 Å². The minimum Gasteiger partial charge on any atom is -0.414 e. The van der Waals surface area contributed by atoms with Gasteiger partial charge in [-0.1, -0.05) is 110 Å². The molecule has 0 fully saturated rings. The molecule has 0 aliphatic carbocycles. The predicted octanol–water partition coefficient (Wildman–Crippen LogP) is 7.52. The minimum absolute atomic E-state index is 0.00705. The minimum atomic E-state index is -0.00705. The number of unbranched alkanes of at least 4 members (excludes halogenated alkanes) is 15. The zero-order valence-corrected chi connectivity index (χ0v) is 17.4. The molecule has 0 saturated carbocycles. The maximum Gasteiger partial charge on any atom is 0.246 e. The van der Waals surface area contributed by atoms with Crippen molar-refractivity contribution < 1.29 is 4.43 Å². The lowest BCUT2D eigenvalue weighted by molar-refractivity contribution is 0.109. The first-order chi connectivity index (χ1) is 11.1. The van der Waals surface area contributed by atoms with Crippen LogP contribution in [0.4, 0.5) is 0 Å². The fourth-order valence-electron chi connectivity index (χ4n) is 3.15. The number of rotatable bonds is 18. The van der Waals surface area contributed by atoms with Gasteiger partial charge in [-0.15, -0.1) is 0 Å². The Bertz CT molecular complexity index is 228. The van der Waals surface area contributed by atoms with Crippen LogP contribution in [0.1, 0.15) is 130 Å². The van der Waals surface area contributed by atoms with E-state index in [4.69, 9.17) is 4.43 Å². The van der Waals surface area contributed by atoms with Gasteiger partial charge in [-0.25, -0.2) is 0 Å². The molecule has 0 atom stereocenters. The Balaban J connectivity index is 3.05. The van der Waals surface area contributed by atoms with Gasteiger partial charge in [0.05, 0.1) is 0 Å². The van der Waals surface area contributed by atoms with E-state index in [0.717, 1.165) is 6.42 Å². The van der Waals surface area contributed by atoms with Crippen LogP contribution in [0.2, 0.25) is 0 Å². The molecule has 1 nitrogen and oxygen atoms in total. The molecule has 0 saturated heterocycles. The van der Waals surface area contributed by atoms with Gasteiger partial charge >= 0.3 is 0 Å². The molecule has 0 aromatic carbocycles. The maximum absolute atomic E-state index is 5.27. The fourth-order valence-corrected chi connectivity index (χ4v) is 3.25. The standard InChI is InChI=1S/C21H43OSi/c1-4-5-6-7-8-9-10-11-12-13-14-15-16-17-18-19-20-21(2,3)22-23/h4-20H2,1-3H3. The molecule has 0 aliphatic rings. The molecule has 0 amide bonds. The monoisotopic (exact) mass is 339 g/mol. The fraction of sp³-hybridized carbons (Fsp3) is 1.00. The lowest BCUT2D eigenvalue weighted by Gasteiger charge is -2.22. The van der Waals surface area contributed by atoms with Crippen molar-refractivity contribution in [2.24, 2.45) is 0 Å². The van der Waals surface area contributed by atoms with Crippen molar-refractivity contribution in [1.82, 2.24) is 0 Å². The van der Waals surface area contributed by atoms with E-state index in [9.17, 15) is 0 Å². The maximum atomic E-state index is 5.27. The highest BCUT2D eigenvalue weighted by atomic mass is 28.2. The highest BCUT2D eigenvalue weighted by Crippen LogP contribution is 2.18. The Kier molecular flexibility index (Phi) is 17.1. The Morgan fingerprint density at radius 1 is 0.565 bits per heavy atom. The third kappa shape index (κ3) is 18.4. The molecule has 0 aliphatic heterocycles. The summed E-state index contributed by atoms with van der Waals surface area (Å²) in [5.41, 5.74) is -0.00705. The number of hydrogen-bond donors (Lipinski definition) is 0. The molecule has 2 heteroatoms. The molecule has 0 unspecified atom stereocenters. The van der Waals surface area contributed by atoms with Gasteiger partial charge in [0, 0.05) is 5.60 Å². The smallest absolute Gasteiger partial charge is 0.246 e. The molecule has 0 aromatic heterocycles. The molecular weight excluding hydrogens is 296 g/mol. The molecule has 23 heavy (non-hydrogen) atoms. The van der Waals surface area contributed by atoms with Crippen LogP contribution in [0.3, 0.4) is 0 Å². The van der Waals surface area contributed by atoms with Crippen LogP contribution in [0, 0.1) is 0 Å². The van der Waals surface area contributed by atoms with Crippen molar-refractivity contribution in [3.8, 4) is 0 Å². The Morgan fingerprint density at radius 2 is 0.870 bits per heavy atom. The number of hydrogen-bond acceptors (Lipinski definition) is 1. The van der Waals surface area contributed by atoms with E-state index < -0.39 is 0 Å². The van der Waals surface area contributed by atoms with Gasteiger partial charge in [-0.3, -0.25) is 0 Å². The third-order valence-electron chi connectivity index (χ3n) is 4.91. The first-order valence-corrected chi connectivity index (χ1v) is 10.9. The zero-order chi connectivity index (χ0) is 17.2. The summed E-state index contributed by atoms with van der Waals surface area (Å²) in [4.78, 5) is 0. The summed E-state index contributed by atoms with van der Waals surface area (Å²) >= 11 is 0. The average Bonchev–Trinajstić information content (AvgIpc) is 2.54. The summed E-state index contributed by atoms with van der Waals surface area (Å²) in [6.07, 6.45) is 24.0. The molecule has 0 bridgehead atoms.